The molecule has 0 spiro atoms. The number of carbonyl (C=O) groups is 1. The predicted molar refractivity (Wildman–Crippen MR) is 88.3 cm³/mol. The summed E-state index contributed by atoms with van der Waals surface area (Å²) in [6, 6.07) is 13.0. The summed E-state index contributed by atoms with van der Waals surface area (Å²) >= 11 is 0. The standard InChI is InChI=1S/C19H26N2O/c1-3-7-18(15(2)22)19(12-16-8-5-4-6-9-16)21-11-10-17(13-20)14-21/h4-6,8-9,17-19H,3,7,10-12,14H2,1-2H3/t17-,18-,19+/m0/s1. The van der Waals surface area contributed by atoms with E-state index in [0.29, 0.717) is 0 Å². The molecule has 0 unspecified atom stereocenters. The fourth-order valence-corrected chi connectivity index (χ4v) is 3.55. The zero-order chi connectivity index (χ0) is 15.9. The molecule has 0 bridgehead atoms. The van der Waals surface area contributed by atoms with E-state index >= 15 is 0 Å². The number of benzene rings is 1. The average Bonchev–Trinajstić information content (AvgIpc) is 3.00. The summed E-state index contributed by atoms with van der Waals surface area (Å²) < 4.78 is 0. The molecule has 0 amide bonds. The zero-order valence-corrected chi connectivity index (χ0v) is 13.7. The molecule has 0 saturated carbocycles. The summed E-state index contributed by atoms with van der Waals surface area (Å²) in [5, 5.41) is 9.16. The van der Waals surface area contributed by atoms with Gasteiger partial charge in [-0.3, -0.25) is 9.69 Å². The van der Waals surface area contributed by atoms with Crippen LogP contribution in [0.25, 0.3) is 0 Å². The summed E-state index contributed by atoms with van der Waals surface area (Å²) in [4.78, 5) is 14.6. The summed E-state index contributed by atoms with van der Waals surface area (Å²) in [7, 11) is 0. The van der Waals surface area contributed by atoms with E-state index in [4.69, 9.17) is 5.26 Å². The van der Waals surface area contributed by atoms with Gasteiger partial charge in [-0.15, -0.1) is 0 Å². The Balaban J connectivity index is 2.20. The fourth-order valence-electron chi connectivity index (χ4n) is 3.55. The number of nitriles is 1. The van der Waals surface area contributed by atoms with Crippen molar-refractivity contribution < 1.29 is 4.79 Å². The van der Waals surface area contributed by atoms with E-state index in [0.717, 1.165) is 38.8 Å². The van der Waals surface area contributed by atoms with Crippen molar-refractivity contribution in [2.24, 2.45) is 11.8 Å². The average molecular weight is 298 g/mol. The molecule has 3 atom stereocenters. The first-order valence-corrected chi connectivity index (χ1v) is 8.33. The minimum Gasteiger partial charge on any atom is -0.300 e. The van der Waals surface area contributed by atoms with Crippen LogP contribution in [0.4, 0.5) is 0 Å². The molecule has 1 fully saturated rings. The lowest BCUT2D eigenvalue weighted by Gasteiger charge is -2.33. The first-order valence-electron chi connectivity index (χ1n) is 8.33. The Morgan fingerprint density at radius 3 is 2.68 bits per heavy atom. The van der Waals surface area contributed by atoms with Gasteiger partial charge in [0.25, 0.3) is 0 Å². The molecule has 1 aromatic rings. The second-order valence-electron chi connectivity index (χ2n) is 6.37. The second kappa shape index (κ2) is 8.10. The van der Waals surface area contributed by atoms with E-state index in [1.54, 1.807) is 6.92 Å². The third kappa shape index (κ3) is 4.18. The zero-order valence-electron chi connectivity index (χ0n) is 13.7. The molecule has 3 nitrogen and oxygen atoms in total. The van der Waals surface area contributed by atoms with Crippen molar-refractivity contribution in [3.63, 3.8) is 0 Å². The van der Waals surface area contributed by atoms with E-state index in [1.165, 1.54) is 5.56 Å². The molecule has 0 N–H and O–H groups in total. The number of rotatable bonds is 7. The van der Waals surface area contributed by atoms with Crippen molar-refractivity contribution in [1.29, 1.82) is 5.26 Å². The highest BCUT2D eigenvalue weighted by molar-refractivity contribution is 5.79. The third-order valence-corrected chi connectivity index (χ3v) is 4.75. The highest BCUT2D eigenvalue weighted by Crippen LogP contribution is 2.27. The molecule has 118 valence electrons. The highest BCUT2D eigenvalue weighted by atomic mass is 16.1. The van der Waals surface area contributed by atoms with Crippen molar-refractivity contribution in [2.45, 2.75) is 45.6 Å². The molecule has 22 heavy (non-hydrogen) atoms. The van der Waals surface area contributed by atoms with Gasteiger partial charge in [0.1, 0.15) is 5.78 Å². The first-order chi connectivity index (χ1) is 10.7. The lowest BCUT2D eigenvalue weighted by molar-refractivity contribution is -0.123. The van der Waals surface area contributed by atoms with Crippen LogP contribution in [0.5, 0.6) is 0 Å². The number of hydrogen-bond donors (Lipinski definition) is 0. The van der Waals surface area contributed by atoms with Crippen LogP contribution in [0, 0.1) is 23.2 Å². The Morgan fingerprint density at radius 2 is 2.14 bits per heavy atom. The Morgan fingerprint density at radius 1 is 1.41 bits per heavy atom. The summed E-state index contributed by atoms with van der Waals surface area (Å²) in [5.41, 5.74) is 1.27. The van der Waals surface area contributed by atoms with Gasteiger partial charge in [-0.25, -0.2) is 0 Å². The van der Waals surface area contributed by atoms with Crippen molar-refractivity contribution in [2.75, 3.05) is 13.1 Å². The van der Waals surface area contributed by atoms with Crippen LogP contribution in [0.1, 0.15) is 38.7 Å². The van der Waals surface area contributed by atoms with Gasteiger partial charge in [0.2, 0.25) is 0 Å². The third-order valence-electron chi connectivity index (χ3n) is 4.75. The maximum Gasteiger partial charge on any atom is 0.134 e. The lowest BCUT2D eigenvalue weighted by Crippen LogP contribution is -2.43. The molecule has 1 aliphatic heterocycles. The fraction of sp³-hybridized carbons (Fsp3) is 0.579. The minimum absolute atomic E-state index is 0.0719. The summed E-state index contributed by atoms with van der Waals surface area (Å²) in [5.74, 6) is 0.471. The van der Waals surface area contributed by atoms with Crippen molar-refractivity contribution in [3.8, 4) is 6.07 Å². The second-order valence-corrected chi connectivity index (χ2v) is 6.37. The predicted octanol–water partition coefficient (Wildman–Crippen LogP) is 3.45. The minimum atomic E-state index is 0.0719. The van der Waals surface area contributed by atoms with Crippen molar-refractivity contribution >= 4 is 5.78 Å². The quantitative estimate of drug-likeness (QED) is 0.774. The molecular weight excluding hydrogens is 272 g/mol. The van der Waals surface area contributed by atoms with Crippen molar-refractivity contribution in [3.05, 3.63) is 35.9 Å². The number of Topliss-reactive ketones (excluding diaryl/α,β-unsaturated/α-hetero) is 1. The topological polar surface area (TPSA) is 44.1 Å². The first kappa shape index (κ1) is 16.7. The van der Waals surface area contributed by atoms with Crippen LogP contribution in [0.15, 0.2) is 30.3 Å². The van der Waals surface area contributed by atoms with Crippen LogP contribution < -0.4 is 0 Å². The number of ketones is 1. The monoisotopic (exact) mass is 298 g/mol. The van der Waals surface area contributed by atoms with E-state index in [-0.39, 0.29) is 23.7 Å². The Kier molecular flexibility index (Phi) is 6.15. The Labute approximate surface area is 133 Å². The SMILES string of the molecule is CCC[C@@H](C(C)=O)[C@@H](Cc1ccccc1)N1CC[C@@H](C#N)C1. The van der Waals surface area contributed by atoms with Crippen LogP contribution in [-0.4, -0.2) is 29.8 Å². The summed E-state index contributed by atoms with van der Waals surface area (Å²) in [6.45, 7) is 5.60. The Hall–Kier alpha value is -1.66. The van der Waals surface area contributed by atoms with E-state index in [9.17, 15) is 4.79 Å². The van der Waals surface area contributed by atoms with E-state index < -0.39 is 0 Å². The summed E-state index contributed by atoms with van der Waals surface area (Å²) in [6.07, 6.45) is 3.77. The highest BCUT2D eigenvalue weighted by Gasteiger charge is 2.34. The van der Waals surface area contributed by atoms with Crippen LogP contribution in [-0.2, 0) is 11.2 Å². The Bertz CT molecular complexity index is 520. The van der Waals surface area contributed by atoms with Gasteiger partial charge in [-0.2, -0.15) is 5.26 Å². The number of nitrogens with zero attached hydrogens (tertiary/aromatic N) is 2. The molecule has 2 rings (SSSR count). The molecule has 1 saturated heterocycles. The lowest BCUT2D eigenvalue weighted by atomic mass is 9.86. The number of likely N-dealkylation sites (tertiary alicyclic amines) is 1. The maximum atomic E-state index is 12.2. The van der Waals surface area contributed by atoms with Crippen LogP contribution in [0.3, 0.4) is 0 Å². The van der Waals surface area contributed by atoms with Gasteiger partial charge < -0.3 is 0 Å². The smallest absolute Gasteiger partial charge is 0.134 e. The van der Waals surface area contributed by atoms with E-state index in [1.807, 2.05) is 6.07 Å². The van der Waals surface area contributed by atoms with Gasteiger partial charge in [0.05, 0.1) is 12.0 Å². The molecule has 1 aliphatic rings. The van der Waals surface area contributed by atoms with Gasteiger partial charge in [-0.05, 0) is 38.3 Å². The van der Waals surface area contributed by atoms with Gasteiger partial charge in [0.15, 0.2) is 0 Å². The molecule has 1 aromatic carbocycles. The number of carbonyl (C=O) groups excluding carboxylic acids is 1. The molecule has 0 aliphatic carbocycles. The van der Waals surface area contributed by atoms with Crippen LogP contribution >= 0.6 is 0 Å². The normalized spacial score (nSPS) is 21.2. The molecule has 0 radical (unpaired) electrons. The molecule has 0 aromatic heterocycles. The van der Waals surface area contributed by atoms with Gasteiger partial charge >= 0.3 is 0 Å². The molecular formula is C19H26N2O. The molecule has 1 heterocycles. The largest absolute Gasteiger partial charge is 0.300 e. The molecule has 3 heteroatoms. The van der Waals surface area contributed by atoms with Gasteiger partial charge in [-0.1, -0.05) is 43.7 Å². The van der Waals surface area contributed by atoms with Gasteiger partial charge in [0, 0.05) is 18.5 Å². The van der Waals surface area contributed by atoms with Crippen molar-refractivity contribution in [1.82, 2.24) is 4.90 Å². The maximum absolute atomic E-state index is 12.2. The van der Waals surface area contributed by atoms with Crippen LogP contribution in [0.2, 0.25) is 0 Å². The number of hydrogen-bond acceptors (Lipinski definition) is 3. The van der Waals surface area contributed by atoms with E-state index in [2.05, 4.69) is 42.2 Å².